The highest BCUT2D eigenvalue weighted by atomic mass is 32.1. The molecular weight excluding hydrogens is 242 g/mol. The van der Waals surface area contributed by atoms with Crippen molar-refractivity contribution >= 4 is 11.5 Å². The van der Waals surface area contributed by atoms with Gasteiger partial charge in [-0.25, -0.2) is 0 Å². The lowest BCUT2D eigenvalue weighted by molar-refractivity contribution is 0.556. The topological polar surface area (TPSA) is 37.8 Å². The van der Waals surface area contributed by atoms with Gasteiger partial charge in [-0.1, -0.05) is 24.3 Å². The second-order valence-corrected chi connectivity index (χ2v) is 6.09. The van der Waals surface area contributed by atoms with Crippen molar-refractivity contribution in [2.24, 2.45) is 5.41 Å². The Balaban J connectivity index is 2.79. The van der Waals surface area contributed by atoms with Crippen LogP contribution in [0, 0.1) is 17.3 Å². The Hall–Kier alpha value is -0.920. The molecule has 0 fully saturated rings. The van der Waals surface area contributed by atoms with Crippen LogP contribution in [-0.2, 0) is 6.42 Å². The van der Waals surface area contributed by atoms with E-state index in [2.05, 4.69) is 61.4 Å². The van der Waals surface area contributed by atoms with Crippen molar-refractivity contribution in [3.63, 3.8) is 0 Å². The van der Waals surface area contributed by atoms with Crippen LogP contribution in [0.2, 0.25) is 0 Å². The second-order valence-electron chi connectivity index (χ2n) is 5.30. The summed E-state index contributed by atoms with van der Waals surface area (Å²) in [6.45, 7) is 11.6. The molecule has 1 heterocycles. The third-order valence-electron chi connectivity index (χ3n) is 2.46. The van der Waals surface area contributed by atoms with E-state index in [-0.39, 0.29) is 11.5 Å². The van der Waals surface area contributed by atoms with E-state index in [9.17, 15) is 0 Å². The van der Waals surface area contributed by atoms with E-state index in [1.54, 1.807) is 0 Å². The van der Waals surface area contributed by atoms with Crippen LogP contribution in [-0.4, -0.2) is 16.1 Å². The Morgan fingerprint density at radius 3 is 2.61 bits per heavy atom. The van der Waals surface area contributed by atoms with Gasteiger partial charge in [0.1, 0.15) is 0 Å². The minimum atomic E-state index is 0.0658. The van der Waals surface area contributed by atoms with Gasteiger partial charge >= 0.3 is 0 Å². The number of nitrogens with zero attached hydrogens (tertiary/aromatic N) is 2. The maximum Gasteiger partial charge on any atom is 0.0801 e. The van der Waals surface area contributed by atoms with Gasteiger partial charge in [-0.3, -0.25) is 0 Å². The molecule has 0 spiro atoms. The molecule has 0 bridgehead atoms. The van der Waals surface area contributed by atoms with Crippen LogP contribution in [0.3, 0.4) is 0 Å². The predicted octanol–water partition coefficient (Wildman–Crippen LogP) is 3.19. The molecular formula is C14H23N3S. The summed E-state index contributed by atoms with van der Waals surface area (Å²) in [4.78, 5) is 1.24. The molecule has 0 aromatic carbocycles. The van der Waals surface area contributed by atoms with Crippen molar-refractivity contribution in [1.29, 1.82) is 0 Å². The fraction of sp³-hybridized carbons (Fsp3) is 0.714. The zero-order chi connectivity index (χ0) is 13.6. The van der Waals surface area contributed by atoms with E-state index in [4.69, 9.17) is 0 Å². The number of nitrogens with one attached hydrogen (secondary N) is 1. The van der Waals surface area contributed by atoms with Crippen molar-refractivity contribution in [2.75, 3.05) is 6.54 Å². The Bertz CT molecular complexity index is 420. The van der Waals surface area contributed by atoms with Gasteiger partial charge in [-0.05, 0) is 45.3 Å². The first-order valence-corrected chi connectivity index (χ1v) is 7.29. The SMILES string of the molecule is CCNC(CC#CC(C)(C)C)c1snnc1CC. The van der Waals surface area contributed by atoms with E-state index in [1.807, 2.05) is 0 Å². The molecule has 0 aliphatic rings. The van der Waals surface area contributed by atoms with E-state index in [0.29, 0.717) is 0 Å². The molecule has 0 saturated heterocycles. The number of hydrogen-bond donors (Lipinski definition) is 1. The molecule has 100 valence electrons. The van der Waals surface area contributed by atoms with Crippen molar-refractivity contribution in [3.05, 3.63) is 10.6 Å². The third kappa shape index (κ3) is 4.75. The lowest BCUT2D eigenvalue weighted by Crippen LogP contribution is -2.20. The van der Waals surface area contributed by atoms with Gasteiger partial charge in [0.25, 0.3) is 0 Å². The van der Waals surface area contributed by atoms with Gasteiger partial charge in [-0.2, -0.15) is 0 Å². The van der Waals surface area contributed by atoms with Crippen LogP contribution in [0.4, 0.5) is 0 Å². The molecule has 3 nitrogen and oxygen atoms in total. The summed E-state index contributed by atoms with van der Waals surface area (Å²) in [5, 5.41) is 7.65. The summed E-state index contributed by atoms with van der Waals surface area (Å²) < 4.78 is 4.06. The highest BCUT2D eigenvalue weighted by Crippen LogP contribution is 2.23. The Morgan fingerprint density at radius 1 is 1.33 bits per heavy atom. The largest absolute Gasteiger partial charge is 0.309 e. The second kappa shape index (κ2) is 6.86. The predicted molar refractivity (Wildman–Crippen MR) is 77.6 cm³/mol. The summed E-state index contributed by atoms with van der Waals surface area (Å²) >= 11 is 1.49. The highest BCUT2D eigenvalue weighted by molar-refractivity contribution is 7.05. The summed E-state index contributed by atoms with van der Waals surface area (Å²) in [6, 6.07) is 0.264. The van der Waals surface area contributed by atoms with E-state index in [0.717, 1.165) is 25.1 Å². The van der Waals surface area contributed by atoms with Crippen molar-refractivity contribution < 1.29 is 0 Å². The van der Waals surface area contributed by atoms with Gasteiger partial charge in [0.2, 0.25) is 0 Å². The number of hydrogen-bond acceptors (Lipinski definition) is 4. The Labute approximate surface area is 115 Å². The van der Waals surface area contributed by atoms with Crippen molar-refractivity contribution in [1.82, 2.24) is 14.9 Å². The minimum Gasteiger partial charge on any atom is -0.309 e. The first-order chi connectivity index (χ1) is 8.48. The van der Waals surface area contributed by atoms with Crippen molar-refractivity contribution in [3.8, 4) is 11.8 Å². The molecule has 1 rings (SSSR count). The zero-order valence-electron chi connectivity index (χ0n) is 12.0. The first kappa shape index (κ1) is 15.1. The van der Waals surface area contributed by atoms with Crippen LogP contribution >= 0.6 is 11.5 Å². The molecule has 1 unspecified atom stereocenters. The molecule has 4 heteroatoms. The molecule has 0 aliphatic heterocycles. The fourth-order valence-electron chi connectivity index (χ4n) is 1.65. The minimum absolute atomic E-state index is 0.0658. The van der Waals surface area contributed by atoms with Crippen LogP contribution in [0.1, 0.15) is 57.7 Å². The highest BCUT2D eigenvalue weighted by Gasteiger charge is 2.16. The maximum atomic E-state index is 4.17. The lowest BCUT2D eigenvalue weighted by atomic mass is 9.97. The Kier molecular flexibility index (Phi) is 5.77. The summed E-state index contributed by atoms with van der Waals surface area (Å²) in [5.41, 5.74) is 1.17. The van der Waals surface area contributed by atoms with Crippen molar-refractivity contribution in [2.45, 2.75) is 53.5 Å². The number of aryl methyl sites for hydroxylation is 1. The summed E-state index contributed by atoms with van der Waals surface area (Å²) in [5.74, 6) is 6.57. The molecule has 1 N–H and O–H groups in total. The normalized spacial score (nSPS) is 12.9. The summed E-state index contributed by atoms with van der Waals surface area (Å²) in [6.07, 6.45) is 1.75. The van der Waals surface area contributed by atoms with Gasteiger partial charge in [0, 0.05) is 11.8 Å². The molecule has 0 aliphatic carbocycles. The smallest absolute Gasteiger partial charge is 0.0801 e. The monoisotopic (exact) mass is 265 g/mol. The molecule has 0 saturated carbocycles. The molecule has 1 aromatic heterocycles. The average molecular weight is 265 g/mol. The van der Waals surface area contributed by atoms with Gasteiger partial charge in [0.15, 0.2) is 0 Å². The summed E-state index contributed by atoms with van der Waals surface area (Å²) in [7, 11) is 0. The molecule has 0 amide bonds. The fourth-order valence-corrected chi connectivity index (χ4v) is 2.46. The van der Waals surface area contributed by atoms with Crippen LogP contribution in [0.25, 0.3) is 0 Å². The zero-order valence-corrected chi connectivity index (χ0v) is 12.8. The maximum absolute atomic E-state index is 4.17. The quantitative estimate of drug-likeness (QED) is 0.831. The molecule has 1 atom stereocenters. The van der Waals surface area contributed by atoms with Gasteiger partial charge in [-0.15, -0.1) is 11.0 Å². The van der Waals surface area contributed by atoms with E-state index >= 15 is 0 Å². The number of aromatic nitrogens is 2. The van der Waals surface area contributed by atoms with Gasteiger partial charge < -0.3 is 5.32 Å². The standard InChI is InChI=1S/C14H23N3S/c1-6-11-13(18-17-16-11)12(15-7-2)9-8-10-14(3,4)5/h12,15H,6-7,9H2,1-5H3. The van der Waals surface area contributed by atoms with Crippen LogP contribution in [0.15, 0.2) is 0 Å². The molecule has 18 heavy (non-hydrogen) atoms. The Morgan fingerprint density at radius 2 is 2.06 bits per heavy atom. The molecule has 0 radical (unpaired) electrons. The van der Waals surface area contributed by atoms with Gasteiger partial charge in [0.05, 0.1) is 16.6 Å². The first-order valence-electron chi connectivity index (χ1n) is 6.52. The lowest BCUT2D eigenvalue weighted by Gasteiger charge is -2.14. The molecule has 1 aromatic rings. The van der Waals surface area contributed by atoms with E-state index < -0.39 is 0 Å². The van der Waals surface area contributed by atoms with E-state index in [1.165, 1.54) is 16.4 Å². The van der Waals surface area contributed by atoms with Crippen LogP contribution in [0.5, 0.6) is 0 Å². The third-order valence-corrected chi connectivity index (χ3v) is 3.34. The average Bonchev–Trinajstić information content (AvgIpc) is 2.74. The van der Waals surface area contributed by atoms with Crippen LogP contribution < -0.4 is 5.32 Å². The number of rotatable bonds is 5.